The summed E-state index contributed by atoms with van der Waals surface area (Å²) in [6.07, 6.45) is 2.07. The van der Waals surface area contributed by atoms with Crippen molar-refractivity contribution in [1.82, 2.24) is 20.3 Å². The molecule has 0 aliphatic carbocycles. The first-order valence-electron chi connectivity index (χ1n) is 17.2. The molecule has 3 aromatic rings. The number of hydrogen-bond acceptors (Lipinski definition) is 13. The van der Waals surface area contributed by atoms with Crippen LogP contribution in [-0.2, 0) is 18.9 Å². The van der Waals surface area contributed by atoms with Crippen molar-refractivity contribution in [2.45, 2.75) is 33.1 Å². The van der Waals surface area contributed by atoms with Crippen LogP contribution in [0.2, 0.25) is 0 Å². The molecule has 0 radical (unpaired) electrons. The average molecular weight is 707 g/mol. The van der Waals surface area contributed by atoms with Crippen molar-refractivity contribution in [3.05, 3.63) is 76.2 Å². The molecule has 51 heavy (non-hydrogen) atoms. The summed E-state index contributed by atoms with van der Waals surface area (Å²) in [6.45, 7) is 9.36. The fraction of sp³-hybridized carbons (Fsp3) is 0.514. The minimum absolute atomic E-state index is 0.119. The highest BCUT2D eigenvalue weighted by atomic mass is 16.5. The number of ketones is 1. The largest absolute Gasteiger partial charge is 0.379 e. The fourth-order valence-corrected chi connectivity index (χ4v) is 4.37. The van der Waals surface area contributed by atoms with Gasteiger partial charge < -0.3 is 40.2 Å². The smallest absolute Gasteiger partial charge is 0.251 e. The van der Waals surface area contributed by atoms with Crippen LogP contribution in [0.4, 0.5) is 23.5 Å². The lowest BCUT2D eigenvalue weighted by Gasteiger charge is -2.12. The quantitative estimate of drug-likeness (QED) is 0.0251. The summed E-state index contributed by atoms with van der Waals surface area (Å²) in [7, 11) is 0. The highest BCUT2D eigenvalue weighted by molar-refractivity contribution is 5.96. The first-order chi connectivity index (χ1) is 24.9. The van der Waals surface area contributed by atoms with E-state index in [9.17, 15) is 9.59 Å². The van der Waals surface area contributed by atoms with Crippen LogP contribution in [-0.4, -0.2) is 106 Å². The fourth-order valence-electron chi connectivity index (χ4n) is 4.37. The summed E-state index contributed by atoms with van der Waals surface area (Å²) in [4.78, 5) is 40.9. The zero-order valence-electron chi connectivity index (χ0n) is 29.5. The van der Waals surface area contributed by atoms with Crippen molar-refractivity contribution < 1.29 is 28.5 Å². The lowest BCUT2D eigenvalue weighted by Crippen LogP contribution is -2.27. The molecule has 16 heteroatoms. The molecule has 0 saturated carbocycles. The maximum absolute atomic E-state index is 12.6. The van der Waals surface area contributed by atoms with Gasteiger partial charge in [-0.3, -0.25) is 9.59 Å². The van der Waals surface area contributed by atoms with Crippen molar-refractivity contribution in [2.75, 3.05) is 95.0 Å². The number of amides is 1. The molecule has 0 unspecified atom stereocenters. The monoisotopic (exact) mass is 706 g/mol. The van der Waals surface area contributed by atoms with Crippen LogP contribution in [0.15, 0.2) is 59.7 Å². The molecule has 0 atom stereocenters. The van der Waals surface area contributed by atoms with Crippen LogP contribution < -0.4 is 21.3 Å². The van der Waals surface area contributed by atoms with Crippen LogP contribution in [0.5, 0.6) is 0 Å². The number of benzene rings is 2. The number of carbonyl (C=O) groups excluding carboxylic acids is 2. The number of nitrogens with one attached hydrogen (secondary N) is 4. The summed E-state index contributed by atoms with van der Waals surface area (Å²) in [5.74, 6) is 1.60. The second-order valence-electron chi connectivity index (χ2n) is 11.6. The van der Waals surface area contributed by atoms with E-state index in [1.165, 1.54) is 0 Å². The highest BCUT2D eigenvalue weighted by Crippen LogP contribution is 2.17. The van der Waals surface area contributed by atoms with Crippen molar-refractivity contribution in [1.29, 1.82) is 0 Å². The maximum Gasteiger partial charge on any atom is 0.251 e. The number of Topliss-reactive ketones (excluding diaryl/α,β-unsaturated/α-hetero) is 1. The molecule has 16 nitrogen and oxygen atoms in total. The third-order valence-corrected chi connectivity index (χ3v) is 7.04. The van der Waals surface area contributed by atoms with Gasteiger partial charge in [0.1, 0.15) is 0 Å². The van der Waals surface area contributed by atoms with Gasteiger partial charge in [0.25, 0.3) is 5.91 Å². The molecule has 1 aromatic heterocycles. The van der Waals surface area contributed by atoms with Crippen LogP contribution in [0.3, 0.4) is 0 Å². The minimum Gasteiger partial charge on any atom is -0.379 e. The lowest BCUT2D eigenvalue weighted by molar-refractivity contribution is 0.0497. The molecular weight excluding hydrogens is 656 g/mol. The number of carbonyl (C=O) groups is 2. The molecule has 0 bridgehead atoms. The van der Waals surface area contributed by atoms with E-state index in [1.807, 2.05) is 30.3 Å². The number of nitrogens with zero attached hydrogens (tertiary/aromatic N) is 6. The van der Waals surface area contributed by atoms with E-state index in [0.29, 0.717) is 120 Å². The molecule has 4 N–H and O–H groups in total. The van der Waals surface area contributed by atoms with Crippen LogP contribution in [0.1, 0.15) is 53.8 Å². The molecule has 1 heterocycles. The van der Waals surface area contributed by atoms with Gasteiger partial charge in [-0.05, 0) is 48.6 Å². The molecule has 0 aliphatic heterocycles. The number of ether oxygens (including phenoxy) is 4. The zero-order chi connectivity index (χ0) is 36.4. The molecule has 0 saturated heterocycles. The van der Waals surface area contributed by atoms with E-state index in [2.05, 4.69) is 60.1 Å². The molecule has 3 rings (SSSR count). The van der Waals surface area contributed by atoms with Crippen molar-refractivity contribution in [2.24, 2.45) is 11.0 Å². The van der Waals surface area contributed by atoms with E-state index in [0.717, 1.165) is 12.0 Å². The Morgan fingerprint density at radius 1 is 0.725 bits per heavy atom. The van der Waals surface area contributed by atoms with Crippen LogP contribution >= 0.6 is 0 Å². The van der Waals surface area contributed by atoms with Crippen molar-refractivity contribution in [3.8, 4) is 0 Å². The molecule has 0 fully saturated rings. The van der Waals surface area contributed by atoms with E-state index in [-0.39, 0.29) is 18.2 Å². The number of hydrogen-bond donors (Lipinski definition) is 4. The topological polar surface area (TPSA) is 207 Å². The Kier molecular flexibility index (Phi) is 20.0. The second kappa shape index (κ2) is 25.1. The van der Waals surface area contributed by atoms with Gasteiger partial charge in [0.2, 0.25) is 17.8 Å². The Hall–Kier alpha value is -4.86. The summed E-state index contributed by atoms with van der Waals surface area (Å²) in [5, 5.41) is 15.9. The van der Waals surface area contributed by atoms with Gasteiger partial charge in [-0.1, -0.05) is 49.3 Å². The Morgan fingerprint density at radius 3 is 2.00 bits per heavy atom. The number of aromatic nitrogens is 3. The lowest BCUT2D eigenvalue weighted by atomic mass is 10.1. The maximum atomic E-state index is 12.6. The van der Waals surface area contributed by atoms with Gasteiger partial charge in [-0.25, -0.2) is 0 Å². The third kappa shape index (κ3) is 18.1. The first kappa shape index (κ1) is 40.6. The van der Waals surface area contributed by atoms with E-state index < -0.39 is 0 Å². The Labute approximate surface area is 299 Å². The van der Waals surface area contributed by atoms with Gasteiger partial charge in [0, 0.05) is 60.9 Å². The molecule has 0 aliphatic rings. The predicted octanol–water partition coefficient (Wildman–Crippen LogP) is 5.25. The minimum atomic E-state index is -0.219. The zero-order valence-corrected chi connectivity index (χ0v) is 29.5. The summed E-state index contributed by atoms with van der Waals surface area (Å²) < 4.78 is 22.0. The van der Waals surface area contributed by atoms with Gasteiger partial charge in [-0.15, -0.1) is 0 Å². The molecule has 2 aromatic carbocycles. The number of rotatable bonds is 28. The summed E-state index contributed by atoms with van der Waals surface area (Å²) >= 11 is 0. The van der Waals surface area contributed by atoms with Crippen LogP contribution in [0.25, 0.3) is 10.4 Å². The van der Waals surface area contributed by atoms with E-state index >= 15 is 0 Å². The molecule has 1 amide bonds. The summed E-state index contributed by atoms with van der Waals surface area (Å²) in [5.41, 5.74) is 10.2. The third-order valence-electron chi connectivity index (χ3n) is 7.04. The molecule has 0 spiro atoms. The number of azide groups is 1. The van der Waals surface area contributed by atoms with Crippen LogP contribution in [0, 0.1) is 5.92 Å². The van der Waals surface area contributed by atoms with E-state index in [1.54, 1.807) is 24.3 Å². The Balaban J connectivity index is 1.37. The molecule has 276 valence electrons. The predicted molar refractivity (Wildman–Crippen MR) is 196 cm³/mol. The SMILES string of the molecule is CC(C)CCNc1nc(NCCOCCOCCCC(=O)c2ccccc2)nc(Nc2ccc(C(=O)NCCOCCOCCN=[N+]=[N-])cc2)n1. The van der Waals surface area contributed by atoms with Crippen molar-refractivity contribution in [3.63, 3.8) is 0 Å². The average Bonchev–Trinajstić information content (AvgIpc) is 3.13. The van der Waals surface area contributed by atoms with Gasteiger partial charge in [-0.2, -0.15) is 15.0 Å². The summed E-state index contributed by atoms with van der Waals surface area (Å²) in [6, 6.07) is 16.2. The number of anilines is 4. The van der Waals surface area contributed by atoms with Gasteiger partial charge >= 0.3 is 0 Å². The van der Waals surface area contributed by atoms with Crippen molar-refractivity contribution >= 4 is 35.2 Å². The van der Waals surface area contributed by atoms with E-state index in [4.69, 9.17) is 24.5 Å². The van der Waals surface area contributed by atoms with Gasteiger partial charge in [0.05, 0.1) is 46.2 Å². The Morgan fingerprint density at radius 2 is 1.33 bits per heavy atom. The second-order valence-corrected chi connectivity index (χ2v) is 11.6. The molecular formula is C35H50N10O6. The van der Waals surface area contributed by atoms with Gasteiger partial charge in [0.15, 0.2) is 5.78 Å². The Bertz CT molecular complexity index is 1470. The standard InChI is InChI=1S/C35H50N10O6/c1-27(2)14-15-38-33-42-34(39-17-21-50-24-23-48-19-6-9-31(46)28-7-4-3-5-8-28)44-35(43-33)41-30-12-10-29(11-13-30)32(47)37-16-20-49-25-26-51-22-18-40-45-36/h3-5,7-8,10-13,27H,6,9,14-26H2,1-2H3,(H,37,47)(H3,38,39,41,42,43,44). The normalized spacial score (nSPS) is 10.8. The first-order valence-corrected chi connectivity index (χ1v) is 17.2. The highest BCUT2D eigenvalue weighted by Gasteiger charge is 2.10.